The van der Waals surface area contributed by atoms with Crippen molar-refractivity contribution in [2.75, 3.05) is 6.54 Å². The Bertz CT molecular complexity index is 604. The fourth-order valence-corrected chi connectivity index (χ4v) is 2.91. The molecule has 1 unspecified atom stereocenters. The molecule has 0 aromatic heterocycles. The number of rotatable bonds is 5. The van der Waals surface area contributed by atoms with Crippen LogP contribution >= 0.6 is 0 Å². The molecule has 1 saturated heterocycles. The Hall–Kier alpha value is -2.13. The molecule has 3 nitrogen and oxygen atoms in total. The summed E-state index contributed by atoms with van der Waals surface area (Å²) < 4.78 is 6.20. The first-order chi connectivity index (χ1) is 10.8. The first-order valence-corrected chi connectivity index (χ1v) is 7.85. The number of carbonyl (C=O) groups is 1. The summed E-state index contributed by atoms with van der Waals surface area (Å²) in [5.41, 5.74) is 0.151. The molecule has 3 heteroatoms. The number of hydrogen-bond donors (Lipinski definition) is 1. The Balaban J connectivity index is 1.79. The van der Waals surface area contributed by atoms with Crippen LogP contribution in [0.4, 0.5) is 0 Å². The summed E-state index contributed by atoms with van der Waals surface area (Å²) in [6, 6.07) is 19.2. The van der Waals surface area contributed by atoms with Gasteiger partial charge in [-0.25, -0.2) is 0 Å². The first-order valence-electron chi connectivity index (χ1n) is 7.85. The zero-order valence-electron chi connectivity index (χ0n) is 12.6. The number of para-hydroxylation sites is 1. The molecule has 1 heterocycles. The predicted octanol–water partition coefficient (Wildman–Crippen LogP) is 3.81. The molecule has 0 bridgehead atoms. The zero-order valence-corrected chi connectivity index (χ0v) is 12.6. The molecule has 2 aromatic carbocycles. The van der Waals surface area contributed by atoms with Crippen LogP contribution in [0.5, 0.6) is 5.75 Å². The molecule has 0 aliphatic carbocycles. The molecule has 0 spiro atoms. The third kappa shape index (κ3) is 3.55. The van der Waals surface area contributed by atoms with Gasteiger partial charge in [0.05, 0.1) is 6.42 Å². The van der Waals surface area contributed by atoms with Gasteiger partial charge in [-0.1, -0.05) is 48.5 Å². The van der Waals surface area contributed by atoms with E-state index in [-0.39, 0.29) is 5.78 Å². The number of carbonyl (C=O) groups excluding carboxylic acids is 1. The van der Waals surface area contributed by atoms with Crippen molar-refractivity contribution >= 4 is 5.78 Å². The molecule has 1 aliphatic heterocycles. The van der Waals surface area contributed by atoms with Crippen molar-refractivity contribution in [2.24, 2.45) is 0 Å². The van der Waals surface area contributed by atoms with E-state index in [1.165, 1.54) is 0 Å². The second-order valence-corrected chi connectivity index (χ2v) is 5.76. The van der Waals surface area contributed by atoms with Gasteiger partial charge >= 0.3 is 0 Å². The van der Waals surface area contributed by atoms with Gasteiger partial charge in [-0.05, 0) is 31.5 Å². The standard InChI is InChI=1S/C19H21NO2/c21-18(16-9-3-1-4-10-16)15-19(13-7-8-14-20-19)22-17-11-5-2-6-12-17/h1-6,9-12,20H,7-8,13-15H2. The Kier molecular flexibility index (Phi) is 4.54. The monoisotopic (exact) mass is 295 g/mol. The van der Waals surface area contributed by atoms with Gasteiger partial charge in [-0.15, -0.1) is 0 Å². The molecular formula is C19H21NO2. The maximum Gasteiger partial charge on any atom is 0.168 e. The minimum atomic E-state index is -0.591. The second-order valence-electron chi connectivity index (χ2n) is 5.76. The lowest BCUT2D eigenvalue weighted by molar-refractivity contribution is 0.00302. The Morgan fingerprint density at radius 2 is 1.68 bits per heavy atom. The molecule has 1 fully saturated rings. The van der Waals surface area contributed by atoms with Crippen LogP contribution < -0.4 is 10.1 Å². The van der Waals surface area contributed by atoms with E-state index in [9.17, 15) is 4.79 Å². The van der Waals surface area contributed by atoms with E-state index in [4.69, 9.17) is 4.74 Å². The maximum atomic E-state index is 12.6. The lowest BCUT2D eigenvalue weighted by atomic mass is 9.93. The topological polar surface area (TPSA) is 38.3 Å². The van der Waals surface area contributed by atoms with E-state index in [1.807, 2.05) is 60.7 Å². The first kappa shape index (κ1) is 14.8. The second kappa shape index (κ2) is 6.75. The minimum absolute atomic E-state index is 0.117. The highest BCUT2D eigenvalue weighted by Crippen LogP contribution is 2.28. The van der Waals surface area contributed by atoms with Gasteiger partial charge in [-0.3, -0.25) is 10.1 Å². The highest BCUT2D eigenvalue weighted by atomic mass is 16.5. The van der Waals surface area contributed by atoms with Crippen molar-refractivity contribution in [1.29, 1.82) is 0 Å². The van der Waals surface area contributed by atoms with Crippen LogP contribution in [0.15, 0.2) is 60.7 Å². The van der Waals surface area contributed by atoms with Gasteiger partial charge in [0.25, 0.3) is 0 Å². The van der Waals surface area contributed by atoms with Crippen molar-refractivity contribution < 1.29 is 9.53 Å². The fourth-order valence-electron chi connectivity index (χ4n) is 2.91. The minimum Gasteiger partial charge on any atom is -0.472 e. The molecular weight excluding hydrogens is 274 g/mol. The molecule has 1 atom stereocenters. The smallest absolute Gasteiger partial charge is 0.168 e. The highest BCUT2D eigenvalue weighted by molar-refractivity contribution is 5.96. The van der Waals surface area contributed by atoms with Crippen LogP contribution in [-0.2, 0) is 0 Å². The summed E-state index contributed by atoms with van der Waals surface area (Å²) in [6.07, 6.45) is 3.40. The number of Topliss-reactive ketones (excluding diaryl/α,β-unsaturated/α-hetero) is 1. The summed E-state index contributed by atoms with van der Waals surface area (Å²) in [5, 5.41) is 3.44. The normalized spacial score (nSPS) is 21.3. The van der Waals surface area contributed by atoms with Crippen LogP contribution in [0.1, 0.15) is 36.0 Å². The van der Waals surface area contributed by atoms with Crippen molar-refractivity contribution in [3.63, 3.8) is 0 Å². The maximum absolute atomic E-state index is 12.6. The number of ether oxygens (including phenoxy) is 1. The van der Waals surface area contributed by atoms with E-state index in [2.05, 4.69) is 5.32 Å². The van der Waals surface area contributed by atoms with Crippen LogP contribution in [0.2, 0.25) is 0 Å². The number of benzene rings is 2. The molecule has 0 radical (unpaired) electrons. The van der Waals surface area contributed by atoms with Crippen LogP contribution in [-0.4, -0.2) is 18.1 Å². The van der Waals surface area contributed by atoms with Crippen molar-refractivity contribution in [2.45, 2.75) is 31.4 Å². The average Bonchev–Trinajstić information content (AvgIpc) is 2.57. The predicted molar refractivity (Wildman–Crippen MR) is 87.0 cm³/mol. The van der Waals surface area contributed by atoms with E-state index < -0.39 is 5.72 Å². The number of ketones is 1. The molecule has 114 valence electrons. The van der Waals surface area contributed by atoms with Crippen molar-refractivity contribution in [3.05, 3.63) is 66.2 Å². The molecule has 2 aromatic rings. The number of hydrogen-bond acceptors (Lipinski definition) is 3. The summed E-state index contributed by atoms with van der Waals surface area (Å²) in [5.74, 6) is 0.920. The van der Waals surface area contributed by atoms with Gasteiger partial charge in [0.2, 0.25) is 0 Å². The quantitative estimate of drug-likeness (QED) is 0.852. The highest BCUT2D eigenvalue weighted by Gasteiger charge is 2.36. The van der Waals surface area contributed by atoms with Gasteiger partial charge < -0.3 is 4.74 Å². The third-order valence-corrected chi connectivity index (χ3v) is 4.05. The number of nitrogens with one attached hydrogen (secondary N) is 1. The van der Waals surface area contributed by atoms with Crippen molar-refractivity contribution in [1.82, 2.24) is 5.32 Å². The summed E-state index contributed by atoms with van der Waals surface area (Å²) in [4.78, 5) is 12.6. The Labute approximate surface area is 131 Å². The van der Waals surface area contributed by atoms with E-state index in [1.54, 1.807) is 0 Å². The Morgan fingerprint density at radius 3 is 2.32 bits per heavy atom. The van der Waals surface area contributed by atoms with E-state index in [0.29, 0.717) is 6.42 Å². The van der Waals surface area contributed by atoms with Gasteiger partial charge in [0.1, 0.15) is 5.75 Å². The average molecular weight is 295 g/mol. The fraction of sp³-hybridized carbons (Fsp3) is 0.316. The van der Waals surface area contributed by atoms with Gasteiger partial charge in [-0.2, -0.15) is 0 Å². The van der Waals surface area contributed by atoms with Gasteiger partial charge in [0.15, 0.2) is 11.5 Å². The molecule has 0 amide bonds. The van der Waals surface area contributed by atoms with Gasteiger partial charge in [0, 0.05) is 12.0 Å². The van der Waals surface area contributed by atoms with E-state index >= 15 is 0 Å². The molecule has 0 saturated carbocycles. The Morgan fingerprint density at radius 1 is 1.00 bits per heavy atom. The largest absolute Gasteiger partial charge is 0.472 e. The SMILES string of the molecule is O=C(CC1(Oc2ccccc2)CCCCN1)c1ccccc1. The summed E-state index contributed by atoms with van der Waals surface area (Å²) in [6.45, 7) is 0.884. The van der Waals surface area contributed by atoms with Crippen LogP contribution in [0, 0.1) is 0 Å². The lowest BCUT2D eigenvalue weighted by Crippen LogP contribution is -2.54. The van der Waals surface area contributed by atoms with Crippen LogP contribution in [0.25, 0.3) is 0 Å². The molecule has 3 rings (SSSR count). The number of piperidine rings is 1. The van der Waals surface area contributed by atoms with Crippen molar-refractivity contribution in [3.8, 4) is 5.75 Å². The zero-order chi connectivity index (χ0) is 15.3. The molecule has 1 aliphatic rings. The third-order valence-electron chi connectivity index (χ3n) is 4.05. The van der Waals surface area contributed by atoms with Crippen LogP contribution in [0.3, 0.4) is 0 Å². The molecule has 1 N–H and O–H groups in total. The summed E-state index contributed by atoms with van der Waals surface area (Å²) in [7, 11) is 0. The molecule has 22 heavy (non-hydrogen) atoms. The lowest BCUT2D eigenvalue weighted by Gasteiger charge is -2.38. The summed E-state index contributed by atoms with van der Waals surface area (Å²) >= 11 is 0. The van der Waals surface area contributed by atoms with E-state index in [0.717, 1.165) is 37.1 Å².